The number of hydrogen-bond acceptors (Lipinski definition) is 5. The fourth-order valence-corrected chi connectivity index (χ4v) is 1.80. The minimum absolute atomic E-state index is 0.0312. The molecule has 0 aliphatic rings. The average Bonchev–Trinajstić information content (AvgIpc) is 2.64. The Labute approximate surface area is 95.2 Å². The molecule has 2 aromatic rings. The van der Waals surface area contributed by atoms with E-state index in [9.17, 15) is 4.39 Å². The van der Waals surface area contributed by atoms with E-state index < -0.39 is 5.82 Å². The highest BCUT2D eigenvalue weighted by Crippen LogP contribution is 2.26. The number of hydrogen-bond donors (Lipinski definition) is 2. The predicted octanol–water partition coefficient (Wildman–Crippen LogP) is 2.48. The van der Waals surface area contributed by atoms with Crippen LogP contribution in [0.3, 0.4) is 0 Å². The SMILES string of the molecule is N#Cc1c(F)cccc1Nc1ncc(N)s1. The van der Waals surface area contributed by atoms with Gasteiger partial charge in [0.05, 0.1) is 11.9 Å². The molecule has 0 bridgehead atoms. The molecule has 0 spiro atoms. The number of anilines is 3. The fraction of sp³-hybridized carbons (Fsp3) is 0. The van der Waals surface area contributed by atoms with E-state index in [1.807, 2.05) is 0 Å². The number of halogens is 1. The van der Waals surface area contributed by atoms with E-state index in [1.165, 1.54) is 29.7 Å². The molecule has 1 aromatic carbocycles. The number of aromatic nitrogens is 1. The zero-order valence-electron chi connectivity index (χ0n) is 8.07. The van der Waals surface area contributed by atoms with Gasteiger partial charge < -0.3 is 11.1 Å². The number of nitrogen functional groups attached to an aromatic ring is 1. The Bertz CT molecular complexity index is 558. The Morgan fingerprint density at radius 1 is 1.50 bits per heavy atom. The van der Waals surface area contributed by atoms with E-state index in [0.29, 0.717) is 15.8 Å². The maximum absolute atomic E-state index is 13.3. The molecule has 80 valence electrons. The lowest BCUT2D eigenvalue weighted by molar-refractivity contribution is 0.624. The van der Waals surface area contributed by atoms with E-state index in [0.717, 1.165) is 0 Å². The van der Waals surface area contributed by atoms with E-state index in [4.69, 9.17) is 11.0 Å². The summed E-state index contributed by atoms with van der Waals surface area (Å²) >= 11 is 1.23. The molecule has 0 aliphatic carbocycles. The molecule has 0 saturated carbocycles. The van der Waals surface area contributed by atoms with Gasteiger partial charge in [-0.15, -0.1) is 0 Å². The van der Waals surface area contributed by atoms with Gasteiger partial charge in [-0.2, -0.15) is 5.26 Å². The molecule has 0 amide bonds. The Balaban J connectivity index is 2.35. The van der Waals surface area contributed by atoms with Gasteiger partial charge in [0.2, 0.25) is 0 Å². The summed E-state index contributed by atoms with van der Waals surface area (Å²) in [5.41, 5.74) is 5.86. The van der Waals surface area contributed by atoms with Crippen molar-refractivity contribution in [2.24, 2.45) is 0 Å². The molecular formula is C10H7FN4S. The van der Waals surface area contributed by atoms with Gasteiger partial charge in [-0.25, -0.2) is 9.37 Å². The Kier molecular flexibility index (Phi) is 2.70. The summed E-state index contributed by atoms with van der Waals surface area (Å²) in [5.74, 6) is -0.558. The third kappa shape index (κ3) is 1.94. The van der Waals surface area contributed by atoms with Crippen LogP contribution in [0.5, 0.6) is 0 Å². The van der Waals surface area contributed by atoms with E-state index in [-0.39, 0.29) is 5.56 Å². The molecule has 0 aliphatic heterocycles. The summed E-state index contributed by atoms with van der Waals surface area (Å²) in [4.78, 5) is 3.97. The molecule has 2 rings (SSSR count). The molecular weight excluding hydrogens is 227 g/mol. The van der Waals surface area contributed by atoms with E-state index >= 15 is 0 Å². The van der Waals surface area contributed by atoms with Gasteiger partial charge in [-0.05, 0) is 12.1 Å². The van der Waals surface area contributed by atoms with Gasteiger partial charge in [0.15, 0.2) is 5.13 Å². The Morgan fingerprint density at radius 2 is 2.31 bits per heavy atom. The number of nitrogens with zero attached hydrogens (tertiary/aromatic N) is 2. The van der Waals surface area contributed by atoms with Crippen molar-refractivity contribution in [2.75, 3.05) is 11.1 Å². The lowest BCUT2D eigenvalue weighted by atomic mass is 10.2. The summed E-state index contributed by atoms with van der Waals surface area (Å²) in [6.45, 7) is 0. The van der Waals surface area contributed by atoms with Crippen molar-refractivity contribution < 1.29 is 4.39 Å². The molecule has 0 unspecified atom stereocenters. The molecule has 0 fully saturated rings. The molecule has 0 atom stereocenters. The maximum atomic E-state index is 13.3. The predicted molar refractivity (Wildman–Crippen MR) is 60.9 cm³/mol. The largest absolute Gasteiger partial charge is 0.389 e. The smallest absolute Gasteiger partial charge is 0.189 e. The molecule has 4 nitrogen and oxygen atoms in total. The monoisotopic (exact) mass is 234 g/mol. The number of rotatable bonds is 2. The fourth-order valence-electron chi connectivity index (χ4n) is 1.20. The van der Waals surface area contributed by atoms with E-state index in [2.05, 4.69) is 10.3 Å². The maximum Gasteiger partial charge on any atom is 0.189 e. The molecule has 6 heteroatoms. The zero-order chi connectivity index (χ0) is 11.5. The van der Waals surface area contributed by atoms with Crippen LogP contribution in [0.15, 0.2) is 24.4 Å². The minimum Gasteiger partial charge on any atom is -0.389 e. The molecule has 1 heterocycles. The Hall–Kier alpha value is -2.13. The third-order valence-corrected chi connectivity index (χ3v) is 2.63. The van der Waals surface area contributed by atoms with Gasteiger partial charge in [-0.3, -0.25) is 0 Å². The van der Waals surface area contributed by atoms with Crippen LogP contribution in [0, 0.1) is 17.1 Å². The summed E-state index contributed by atoms with van der Waals surface area (Å²) < 4.78 is 13.3. The van der Waals surface area contributed by atoms with Gasteiger partial charge >= 0.3 is 0 Å². The van der Waals surface area contributed by atoms with Crippen molar-refractivity contribution in [1.82, 2.24) is 4.98 Å². The van der Waals surface area contributed by atoms with Crippen molar-refractivity contribution in [1.29, 1.82) is 5.26 Å². The van der Waals surface area contributed by atoms with E-state index in [1.54, 1.807) is 12.1 Å². The first kappa shape index (κ1) is 10.4. The number of thiazole rings is 1. The quantitative estimate of drug-likeness (QED) is 0.837. The van der Waals surface area contributed by atoms with Crippen LogP contribution in [0.2, 0.25) is 0 Å². The van der Waals surface area contributed by atoms with Crippen LogP contribution in [-0.2, 0) is 0 Å². The van der Waals surface area contributed by atoms with Crippen molar-refractivity contribution in [3.05, 3.63) is 35.8 Å². The van der Waals surface area contributed by atoms with Crippen LogP contribution in [0.25, 0.3) is 0 Å². The van der Waals surface area contributed by atoms with Crippen LogP contribution in [0.4, 0.5) is 20.2 Å². The zero-order valence-corrected chi connectivity index (χ0v) is 8.88. The highest BCUT2D eigenvalue weighted by Gasteiger charge is 2.08. The molecule has 16 heavy (non-hydrogen) atoms. The topological polar surface area (TPSA) is 74.7 Å². The molecule has 3 N–H and O–H groups in total. The summed E-state index contributed by atoms with van der Waals surface area (Å²) in [6, 6.07) is 6.17. The van der Waals surface area contributed by atoms with Crippen LogP contribution in [-0.4, -0.2) is 4.98 Å². The lowest BCUT2D eigenvalue weighted by Gasteiger charge is -2.04. The van der Waals surface area contributed by atoms with Crippen molar-refractivity contribution in [3.8, 4) is 6.07 Å². The average molecular weight is 234 g/mol. The minimum atomic E-state index is -0.558. The molecule has 0 radical (unpaired) electrons. The highest BCUT2D eigenvalue weighted by atomic mass is 32.1. The second-order valence-corrected chi connectivity index (χ2v) is 4.03. The highest BCUT2D eigenvalue weighted by molar-refractivity contribution is 7.19. The van der Waals surface area contributed by atoms with Crippen LogP contribution < -0.4 is 11.1 Å². The number of nitrogens with one attached hydrogen (secondary N) is 1. The number of nitriles is 1. The summed E-state index contributed by atoms with van der Waals surface area (Å²) in [7, 11) is 0. The standard InChI is InChI=1S/C10H7FN4S/c11-7-2-1-3-8(6(7)4-12)15-10-14-5-9(13)16-10/h1-3,5H,13H2,(H,14,15). The van der Waals surface area contributed by atoms with Crippen molar-refractivity contribution in [3.63, 3.8) is 0 Å². The number of benzene rings is 1. The first-order chi connectivity index (χ1) is 7.70. The van der Waals surface area contributed by atoms with Crippen LogP contribution in [0.1, 0.15) is 5.56 Å². The normalized spacial score (nSPS) is 9.75. The van der Waals surface area contributed by atoms with Gasteiger partial charge in [0.1, 0.15) is 22.5 Å². The summed E-state index contributed by atoms with van der Waals surface area (Å²) in [6.07, 6.45) is 1.50. The second-order valence-electron chi connectivity index (χ2n) is 2.97. The van der Waals surface area contributed by atoms with Gasteiger partial charge in [0.25, 0.3) is 0 Å². The first-order valence-electron chi connectivity index (χ1n) is 4.37. The van der Waals surface area contributed by atoms with Crippen LogP contribution >= 0.6 is 11.3 Å². The molecule has 1 aromatic heterocycles. The van der Waals surface area contributed by atoms with Gasteiger partial charge in [0, 0.05) is 0 Å². The Morgan fingerprint density at radius 3 is 2.94 bits per heavy atom. The molecule has 0 saturated heterocycles. The van der Waals surface area contributed by atoms with Gasteiger partial charge in [-0.1, -0.05) is 17.4 Å². The lowest BCUT2D eigenvalue weighted by Crippen LogP contribution is -1.95. The van der Waals surface area contributed by atoms with Crippen molar-refractivity contribution in [2.45, 2.75) is 0 Å². The van der Waals surface area contributed by atoms with Crippen molar-refractivity contribution >= 4 is 27.2 Å². The first-order valence-corrected chi connectivity index (χ1v) is 5.19. The summed E-state index contributed by atoms with van der Waals surface area (Å²) in [5, 5.41) is 12.7. The number of nitrogens with two attached hydrogens (primary N) is 1. The third-order valence-electron chi connectivity index (χ3n) is 1.89. The second kappa shape index (κ2) is 4.16.